The lowest BCUT2D eigenvalue weighted by Gasteiger charge is -2.11. The number of hydrogen-bond acceptors (Lipinski definition) is 4. The molecule has 22 heavy (non-hydrogen) atoms. The van der Waals surface area contributed by atoms with Crippen LogP contribution < -0.4 is 4.72 Å². The van der Waals surface area contributed by atoms with Gasteiger partial charge in [0.25, 0.3) is 10.0 Å². The molecule has 0 aliphatic heterocycles. The molecule has 0 radical (unpaired) electrons. The Balaban J connectivity index is 1.98. The van der Waals surface area contributed by atoms with E-state index >= 15 is 0 Å². The van der Waals surface area contributed by atoms with Crippen LogP contribution in [0.25, 0.3) is 5.82 Å². The van der Waals surface area contributed by atoms with Crippen molar-refractivity contribution in [3.63, 3.8) is 0 Å². The topological polar surface area (TPSA) is 76.9 Å². The molecule has 7 heteroatoms. The summed E-state index contributed by atoms with van der Waals surface area (Å²) in [4.78, 5) is 4.39. The predicted molar refractivity (Wildman–Crippen MR) is 83.3 cm³/mol. The van der Waals surface area contributed by atoms with Crippen molar-refractivity contribution < 1.29 is 8.42 Å². The molecule has 1 N–H and O–H groups in total. The van der Waals surface area contributed by atoms with Crippen molar-refractivity contribution in [2.45, 2.75) is 11.8 Å². The van der Waals surface area contributed by atoms with Crippen molar-refractivity contribution >= 4 is 15.7 Å². The van der Waals surface area contributed by atoms with Crippen LogP contribution in [0.1, 0.15) is 5.56 Å². The van der Waals surface area contributed by atoms with E-state index in [-0.39, 0.29) is 4.90 Å². The minimum atomic E-state index is -3.67. The van der Waals surface area contributed by atoms with Gasteiger partial charge >= 0.3 is 0 Å². The van der Waals surface area contributed by atoms with Crippen LogP contribution in [-0.2, 0) is 10.0 Å². The second-order valence-corrected chi connectivity index (χ2v) is 6.43. The molecule has 0 saturated heterocycles. The number of nitrogens with zero attached hydrogens (tertiary/aromatic N) is 3. The largest absolute Gasteiger partial charge is 0.276 e. The summed E-state index contributed by atoms with van der Waals surface area (Å²) in [5.74, 6) is 0.420. The van der Waals surface area contributed by atoms with Gasteiger partial charge in [-0.3, -0.25) is 4.72 Å². The van der Waals surface area contributed by atoms with Crippen LogP contribution in [0.4, 0.5) is 5.69 Å². The number of sulfonamides is 1. The van der Waals surface area contributed by atoms with Crippen LogP contribution in [0.2, 0.25) is 0 Å². The smallest absolute Gasteiger partial charge is 0.262 e. The molecule has 2 aromatic heterocycles. The van der Waals surface area contributed by atoms with E-state index < -0.39 is 10.0 Å². The Bertz CT molecular complexity index is 872. The summed E-state index contributed by atoms with van der Waals surface area (Å²) in [5, 5.41) is 4.08. The van der Waals surface area contributed by atoms with Crippen molar-refractivity contribution in [2.24, 2.45) is 0 Å². The second kappa shape index (κ2) is 5.61. The molecule has 112 valence electrons. The maximum Gasteiger partial charge on any atom is 0.262 e. The number of rotatable bonds is 4. The molecule has 0 atom stereocenters. The van der Waals surface area contributed by atoms with E-state index in [2.05, 4.69) is 14.8 Å². The van der Waals surface area contributed by atoms with Gasteiger partial charge in [-0.15, -0.1) is 0 Å². The molecular weight excluding hydrogens is 300 g/mol. The lowest BCUT2D eigenvalue weighted by molar-refractivity contribution is 0.601. The van der Waals surface area contributed by atoms with E-state index in [9.17, 15) is 8.42 Å². The minimum Gasteiger partial charge on any atom is -0.276 e. The number of aromatic nitrogens is 3. The Hall–Kier alpha value is -2.67. The number of anilines is 1. The van der Waals surface area contributed by atoms with E-state index in [0.29, 0.717) is 11.5 Å². The van der Waals surface area contributed by atoms with Gasteiger partial charge in [-0.2, -0.15) is 5.10 Å². The van der Waals surface area contributed by atoms with Crippen molar-refractivity contribution in [3.8, 4) is 5.82 Å². The summed E-state index contributed by atoms with van der Waals surface area (Å²) in [5.41, 5.74) is 1.37. The third-order valence-electron chi connectivity index (χ3n) is 3.08. The standard InChI is InChI=1S/C15H14N4O2S/c1-12-5-7-13(8-6-12)22(20,21)18-14-4-2-9-16-15(14)19-11-3-10-17-19/h2-11,18H,1H3. The van der Waals surface area contributed by atoms with Crippen LogP contribution in [0.15, 0.2) is 66.0 Å². The molecule has 2 heterocycles. The predicted octanol–water partition coefficient (Wildman–Crippen LogP) is 2.38. The molecule has 3 aromatic rings. The van der Waals surface area contributed by atoms with Gasteiger partial charge in [0.2, 0.25) is 0 Å². The molecule has 0 saturated carbocycles. The number of aryl methyl sites for hydroxylation is 1. The fraction of sp³-hybridized carbons (Fsp3) is 0.0667. The van der Waals surface area contributed by atoms with Crippen LogP contribution in [0.3, 0.4) is 0 Å². The molecule has 0 aliphatic rings. The van der Waals surface area contributed by atoms with Crippen LogP contribution in [-0.4, -0.2) is 23.2 Å². The van der Waals surface area contributed by atoms with E-state index in [0.717, 1.165) is 5.56 Å². The zero-order valence-electron chi connectivity index (χ0n) is 11.8. The highest BCUT2D eigenvalue weighted by Gasteiger charge is 2.17. The van der Waals surface area contributed by atoms with Gasteiger partial charge in [0.05, 0.1) is 10.6 Å². The Labute approximate surface area is 128 Å². The molecule has 1 aromatic carbocycles. The zero-order chi connectivity index (χ0) is 15.6. The van der Waals surface area contributed by atoms with Crippen LogP contribution in [0.5, 0.6) is 0 Å². The fourth-order valence-corrected chi connectivity index (χ4v) is 3.04. The van der Waals surface area contributed by atoms with E-state index in [1.165, 1.54) is 4.68 Å². The quantitative estimate of drug-likeness (QED) is 0.802. The van der Waals surface area contributed by atoms with Gasteiger partial charge in [0, 0.05) is 18.6 Å². The van der Waals surface area contributed by atoms with Gasteiger partial charge in [-0.1, -0.05) is 17.7 Å². The number of hydrogen-bond donors (Lipinski definition) is 1. The van der Waals surface area contributed by atoms with Crippen LogP contribution >= 0.6 is 0 Å². The molecular formula is C15H14N4O2S. The summed E-state index contributed by atoms with van der Waals surface area (Å²) >= 11 is 0. The molecule has 0 aliphatic carbocycles. The van der Waals surface area contributed by atoms with Gasteiger partial charge < -0.3 is 0 Å². The normalized spacial score (nSPS) is 11.3. The number of nitrogens with one attached hydrogen (secondary N) is 1. The molecule has 0 fully saturated rings. The first kappa shape index (κ1) is 14.3. The summed E-state index contributed by atoms with van der Waals surface area (Å²) in [6.45, 7) is 1.90. The first-order valence-corrected chi connectivity index (χ1v) is 8.09. The molecule has 0 unspecified atom stereocenters. The highest BCUT2D eigenvalue weighted by Crippen LogP contribution is 2.21. The summed E-state index contributed by atoms with van der Waals surface area (Å²) in [6, 6.07) is 11.7. The summed E-state index contributed by atoms with van der Waals surface area (Å²) < 4.78 is 29.0. The lowest BCUT2D eigenvalue weighted by Crippen LogP contribution is -2.15. The highest BCUT2D eigenvalue weighted by molar-refractivity contribution is 7.92. The Morgan fingerprint density at radius 3 is 2.50 bits per heavy atom. The Morgan fingerprint density at radius 1 is 1.05 bits per heavy atom. The maximum absolute atomic E-state index is 12.5. The number of benzene rings is 1. The average Bonchev–Trinajstić information content (AvgIpc) is 3.02. The third-order valence-corrected chi connectivity index (χ3v) is 4.47. The van der Waals surface area contributed by atoms with Crippen molar-refractivity contribution in [1.82, 2.24) is 14.8 Å². The summed E-state index contributed by atoms with van der Waals surface area (Å²) in [6.07, 6.45) is 4.89. The van der Waals surface area contributed by atoms with Crippen molar-refractivity contribution in [1.29, 1.82) is 0 Å². The molecule has 0 amide bonds. The van der Waals surface area contributed by atoms with E-state index in [4.69, 9.17) is 0 Å². The van der Waals surface area contributed by atoms with Gasteiger partial charge in [-0.25, -0.2) is 18.1 Å². The summed E-state index contributed by atoms with van der Waals surface area (Å²) in [7, 11) is -3.67. The SMILES string of the molecule is Cc1ccc(S(=O)(=O)Nc2cccnc2-n2cccn2)cc1. The molecule has 0 spiro atoms. The molecule has 0 bridgehead atoms. The van der Waals surface area contributed by atoms with E-state index in [1.807, 2.05) is 6.92 Å². The van der Waals surface area contributed by atoms with Crippen molar-refractivity contribution in [2.75, 3.05) is 4.72 Å². The monoisotopic (exact) mass is 314 g/mol. The first-order chi connectivity index (χ1) is 10.6. The Morgan fingerprint density at radius 2 is 1.82 bits per heavy atom. The second-order valence-electron chi connectivity index (χ2n) is 4.74. The number of pyridine rings is 1. The minimum absolute atomic E-state index is 0.202. The Kier molecular flexibility index (Phi) is 3.64. The maximum atomic E-state index is 12.5. The first-order valence-electron chi connectivity index (χ1n) is 6.61. The zero-order valence-corrected chi connectivity index (χ0v) is 12.7. The fourth-order valence-electron chi connectivity index (χ4n) is 1.97. The van der Waals surface area contributed by atoms with Crippen molar-refractivity contribution in [3.05, 3.63) is 66.6 Å². The van der Waals surface area contributed by atoms with Gasteiger partial charge in [0.1, 0.15) is 0 Å². The lowest BCUT2D eigenvalue weighted by atomic mass is 10.2. The van der Waals surface area contributed by atoms with Crippen LogP contribution in [0, 0.1) is 6.92 Å². The third kappa shape index (κ3) is 2.84. The van der Waals surface area contributed by atoms with Gasteiger partial charge in [-0.05, 0) is 37.3 Å². The molecule has 6 nitrogen and oxygen atoms in total. The van der Waals surface area contributed by atoms with Gasteiger partial charge in [0.15, 0.2) is 5.82 Å². The van der Waals surface area contributed by atoms with E-state index in [1.54, 1.807) is 61.1 Å². The highest BCUT2D eigenvalue weighted by atomic mass is 32.2. The average molecular weight is 314 g/mol. The molecule has 3 rings (SSSR count).